The van der Waals surface area contributed by atoms with Crippen LogP contribution < -0.4 is 25.8 Å². The average molecular weight is 960 g/mol. The van der Waals surface area contributed by atoms with Gasteiger partial charge in [0.2, 0.25) is 0 Å². The molecule has 17 heteroatoms. The van der Waals surface area contributed by atoms with Gasteiger partial charge in [-0.05, 0) is 102 Å². The Morgan fingerprint density at radius 3 is 1.99 bits per heavy atom. The zero-order valence-corrected chi connectivity index (χ0v) is 41.5. The third kappa shape index (κ3) is 10.7. The van der Waals surface area contributed by atoms with Gasteiger partial charge in [-0.2, -0.15) is 10.2 Å². The summed E-state index contributed by atoms with van der Waals surface area (Å²) in [4.78, 5) is 48.4. The van der Waals surface area contributed by atoms with E-state index >= 15 is 0 Å². The second kappa shape index (κ2) is 22.1. The van der Waals surface area contributed by atoms with Crippen molar-refractivity contribution in [3.05, 3.63) is 154 Å². The first-order chi connectivity index (χ1) is 33.2. The summed E-state index contributed by atoms with van der Waals surface area (Å²) < 4.78 is 43.3. The van der Waals surface area contributed by atoms with Crippen LogP contribution >= 0.6 is 8.53 Å². The van der Waals surface area contributed by atoms with Crippen LogP contribution in [0.5, 0.6) is 11.5 Å². The average Bonchev–Trinajstić information content (AvgIpc) is 3.82. The number of carbonyl (C=O) groups is 2. The molecule has 2 fully saturated rings. The summed E-state index contributed by atoms with van der Waals surface area (Å²) in [5.74, 6) is 0.957. The number of hydrogen-bond donors (Lipinski definition) is 2. The van der Waals surface area contributed by atoms with Crippen molar-refractivity contribution in [2.24, 2.45) is 0 Å². The van der Waals surface area contributed by atoms with Gasteiger partial charge in [-0.25, -0.2) is 14.3 Å². The first-order valence-electron chi connectivity index (χ1n) is 23.1. The van der Waals surface area contributed by atoms with Gasteiger partial charge in [0.15, 0.2) is 6.23 Å². The lowest BCUT2D eigenvalue weighted by Crippen LogP contribution is -2.55. The number of ether oxygens (including phenoxy) is 4. The Morgan fingerprint density at radius 1 is 0.884 bits per heavy atom. The van der Waals surface area contributed by atoms with Crippen molar-refractivity contribution in [3.8, 4) is 17.6 Å². The standard InChI is InChI=1S/C52H62N7O9P/c1-34(2)54-49(61)58-32-51(33-65-52(39-19-14-11-15-20-39,40-21-25-42(63-8)26-22-40)41-23-27-43(64-9)28-24-41)45(68-69(66-30-16-29-53)59(35(3)4)36(5)6)44(58)48(67-51)57-31-37(7)46(56-50(57)62)55-47(60)38-17-12-10-13-18-38/h10-15,17-28,31,34-36,44-45,48H,16,30,32-33H2,1-9H3,(H,54,61)(H,55,56,60,62)/t44-,45+,48-,51-,69?/m1/s1. The second-order valence-corrected chi connectivity index (χ2v) is 19.4. The number of nitrogens with one attached hydrogen (secondary N) is 2. The normalized spacial score (nSPS) is 19.2. The number of carbonyl (C=O) groups excluding carboxylic acids is 2. The van der Waals surface area contributed by atoms with Crippen LogP contribution in [0.4, 0.5) is 10.6 Å². The predicted octanol–water partition coefficient (Wildman–Crippen LogP) is 8.56. The van der Waals surface area contributed by atoms with Gasteiger partial charge in [-0.15, -0.1) is 0 Å². The SMILES string of the molecule is COc1ccc(C(OC[C@@]23CN(C(=O)NC(C)C)[C@@H]([C@H](n4cc(C)c(NC(=O)c5ccccc5)nc4=O)O2)[C@@H]3OP(OCCC#N)N(C(C)C)C(C)C)(c2ccccc2)c2ccc(OC)cc2)cc1. The zero-order valence-electron chi connectivity index (χ0n) is 40.6. The Balaban J connectivity index is 1.42. The van der Waals surface area contributed by atoms with Crippen molar-refractivity contribution in [3.63, 3.8) is 0 Å². The fraction of sp³-hybridized carbons (Fsp3) is 0.404. The molecule has 1 unspecified atom stereocenters. The van der Waals surface area contributed by atoms with Crippen LogP contribution in [-0.2, 0) is 24.1 Å². The number of aryl methyl sites for hydroxylation is 1. The lowest BCUT2D eigenvalue weighted by molar-refractivity contribution is -0.172. The molecule has 1 aromatic heterocycles. The van der Waals surface area contributed by atoms with Gasteiger partial charge in [0.05, 0.1) is 46.5 Å². The molecule has 3 amide bonds. The second-order valence-electron chi connectivity index (χ2n) is 17.9. The molecule has 3 heterocycles. The van der Waals surface area contributed by atoms with E-state index in [-0.39, 0.29) is 50.1 Å². The largest absolute Gasteiger partial charge is 0.497 e. The number of aromatic nitrogens is 2. The number of nitrogens with zero attached hydrogens (tertiary/aromatic N) is 5. The summed E-state index contributed by atoms with van der Waals surface area (Å²) in [7, 11) is 1.28. The maximum Gasteiger partial charge on any atom is 0.351 e. The maximum atomic E-state index is 14.6. The number of morpholine rings is 1. The molecule has 2 bridgehead atoms. The molecule has 0 saturated carbocycles. The minimum atomic E-state index is -1.94. The number of nitriles is 1. The van der Waals surface area contributed by atoms with E-state index in [0.29, 0.717) is 22.6 Å². The highest BCUT2D eigenvalue weighted by Gasteiger charge is 2.68. The van der Waals surface area contributed by atoms with Crippen molar-refractivity contribution in [1.82, 2.24) is 24.4 Å². The summed E-state index contributed by atoms with van der Waals surface area (Å²) >= 11 is 0. The molecular formula is C52H62N7O9P. The lowest BCUT2D eigenvalue weighted by Gasteiger charge is -2.42. The molecule has 5 aromatic rings. The molecule has 5 atom stereocenters. The molecule has 364 valence electrons. The van der Waals surface area contributed by atoms with Crippen LogP contribution in [0.3, 0.4) is 0 Å². The highest BCUT2D eigenvalue weighted by Crippen LogP contribution is 2.57. The highest BCUT2D eigenvalue weighted by atomic mass is 31.2. The van der Waals surface area contributed by atoms with Gasteiger partial charge in [0.1, 0.15) is 40.7 Å². The smallest absolute Gasteiger partial charge is 0.351 e. The van der Waals surface area contributed by atoms with Gasteiger partial charge in [-0.3, -0.25) is 9.36 Å². The Hall–Kier alpha value is -6.18. The Kier molecular flexibility index (Phi) is 16.2. The number of rotatable bonds is 20. The van der Waals surface area contributed by atoms with Crippen molar-refractivity contribution < 1.29 is 37.6 Å². The lowest BCUT2D eigenvalue weighted by atomic mass is 9.79. The van der Waals surface area contributed by atoms with Gasteiger partial charge >= 0.3 is 11.7 Å². The van der Waals surface area contributed by atoms with Crippen molar-refractivity contribution in [2.45, 2.75) is 103 Å². The minimum absolute atomic E-state index is 0.00934. The third-order valence-corrected chi connectivity index (χ3v) is 14.3. The minimum Gasteiger partial charge on any atom is -0.497 e. The third-order valence-electron chi connectivity index (χ3n) is 12.2. The number of anilines is 1. The van der Waals surface area contributed by atoms with E-state index in [1.165, 1.54) is 4.57 Å². The number of amides is 3. The molecule has 2 N–H and O–H groups in total. The summed E-state index contributed by atoms with van der Waals surface area (Å²) in [6.45, 7) is 13.5. The van der Waals surface area contributed by atoms with E-state index in [0.717, 1.165) is 16.7 Å². The van der Waals surface area contributed by atoms with Crippen LogP contribution in [0.2, 0.25) is 0 Å². The number of likely N-dealkylation sites (tertiary alicyclic amines) is 1. The maximum absolute atomic E-state index is 14.6. The van der Waals surface area contributed by atoms with E-state index < -0.39 is 55.7 Å². The number of urea groups is 1. The highest BCUT2D eigenvalue weighted by molar-refractivity contribution is 7.44. The Bertz CT molecular complexity index is 2570. The first-order valence-corrected chi connectivity index (χ1v) is 24.2. The fourth-order valence-electron chi connectivity index (χ4n) is 9.10. The van der Waals surface area contributed by atoms with Crippen molar-refractivity contribution >= 4 is 26.3 Å². The van der Waals surface area contributed by atoms with Crippen LogP contribution in [0.1, 0.15) is 86.8 Å². The molecule has 0 aliphatic carbocycles. The number of methoxy groups -OCH3 is 2. The quantitative estimate of drug-likeness (QED) is 0.0432. The van der Waals surface area contributed by atoms with Crippen LogP contribution in [0, 0.1) is 18.3 Å². The van der Waals surface area contributed by atoms with Crippen molar-refractivity contribution in [2.75, 3.05) is 39.3 Å². The van der Waals surface area contributed by atoms with Gasteiger partial charge in [0.25, 0.3) is 14.4 Å². The van der Waals surface area contributed by atoms with Crippen molar-refractivity contribution in [1.29, 1.82) is 5.26 Å². The molecule has 69 heavy (non-hydrogen) atoms. The predicted molar refractivity (Wildman–Crippen MR) is 263 cm³/mol. The molecule has 2 aliphatic rings. The molecule has 7 rings (SSSR count). The van der Waals surface area contributed by atoms with Crippen LogP contribution in [0.15, 0.2) is 120 Å². The fourth-order valence-corrected chi connectivity index (χ4v) is 10.9. The summed E-state index contributed by atoms with van der Waals surface area (Å²) in [6, 6.07) is 34.2. The molecule has 0 spiro atoms. The molecular weight excluding hydrogens is 898 g/mol. The first kappa shape index (κ1) is 50.7. The Morgan fingerprint density at radius 2 is 1.45 bits per heavy atom. The van der Waals surface area contributed by atoms with Crippen LogP contribution in [-0.4, -0.2) is 101 Å². The molecule has 4 aromatic carbocycles. The summed E-state index contributed by atoms with van der Waals surface area (Å²) in [6.07, 6.45) is -0.459. The summed E-state index contributed by atoms with van der Waals surface area (Å²) in [5, 5.41) is 15.5. The van der Waals surface area contributed by atoms with E-state index in [1.54, 1.807) is 62.6 Å². The van der Waals surface area contributed by atoms with Gasteiger partial charge in [0, 0.05) is 35.4 Å². The molecule has 16 nitrogen and oxygen atoms in total. The number of fused-ring (bicyclic) bond motifs is 2. The van der Waals surface area contributed by atoms with Crippen LogP contribution in [0.25, 0.3) is 0 Å². The summed E-state index contributed by atoms with van der Waals surface area (Å²) in [5.41, 5.74) is -0.315. The Labute approximate surface area is 405 Å². The molecule has 2 aliphatic heterocycles. The van der Waals surface area contributed by atoms with E-state index in [2.05, 4.69) is 26.4 Å². The van der Waals surface area contributed by atoms with Gasteiger partial charge < -0.3 is 43.5 Å². The molecule has 0 radical (unpaired) electrons. The van der Waals surface area contributed by atoms with E-state index in [1.807, 2.05) is 120 Å². The van der Waals surface area contributed by atoms with E-state index in [4.69, 9.17) is 28.0 Å². The zero-order chi connectivity index (χ0) is 49.5. The number of hydrogen-bond acceptors (Lipinski definition) is 12. The van der Waals surface area contributed by atoms with Gasteiger partial charge in [-0.1, -0.05) is 72.8 Å². The topological polar surface area (TPSA) is 179 Å². The number of benzene rings is 4. The van der Waals surface area contributed by atoms with E-state index in [9.17, 15) is 19.6 Å². The monoisotopic (exact) mass is 959 g/mol. The molecule has 2 saturated heterocycles.